The van der Waals surface area contributed by atoms with Crippen LogP contribution in [-0.4, -0.2) is 26.8 Å². The molecule has 1 saturated heterocycles. The van der Waals surface area contributed by atoms with Gasteiger partial charge in [-0.2, -0.15) is 13.2 Å². The number of hydrogen-bond donors (Lipinski definition) is 0. The number of hydrogen-bond acceptors (Lipinski definition) is 3. The van der Waals surface area contributed by atoms with Gasteiger partial charge in [0.25, 0.3) is 0 Å². The first kappa shape index (κ1) is 17.8. The van der Waals surface area contributed by atoms with Gasteiger partial charge >= 0.3 is 11.9 Å². The number of aryl methyl sites for hydroxylation is 1. The number of ether oxygens (including phenoxy) is 1. The SMILES string of the molecule is Cc1c(-c2cnc3c(c2)n(C[C@H]2CCO2)c(=O)n3C)cccc1C(F)(F)F. The minimum absolute atomic E-state index is 0.0211. The Hall–Kier alpha value is -2.61. The fourth-order valence-corrected chi connectivity index (χ4v) is 3.49. The van der Waals surface area contributed by atoms with Crippen LogP contribution in [0.15, 0.2) is 35.3 Å². The molecule has 4 rings (SSSR count). The van der Waals surface area contributed by atoms with Crippen molar-refractivity contribution in [3.05, 3.63) is 52.1 Å². The summed E-state index contributed by atoms with van der Waals surface area (Å²) >= 11 is 0. The van der Waals surface area contributed by atoms with Crippen molar-refractivity contribution in [2.75, 3.05) is 6.61 Å². The van der Waals surface area contributed by atoms with Crippen LogP contribution in [0.2, 0.25) is 0 Å². The van der Waals surface area contributed by atoms with Crippen LogP contribution in [0.1, 0.15) is 17.5 Å². The molecule has 0 amide bonds. The van der Waals surface area contributed by atoms with Crippen molar-refractivity contribution in [1.29, 1.82) is 0 Å². The van der Waals surface area contributed by atoms with E-state index in [1.165, 1.54) is 23.8 Å². The Balaban J connectivity index is 1.87. The smallest absolute Gasteiger partial charge is 0.376 e. The fourth-order valence-electron chi connectivity index (χ4n) is 3.49. The van der Waals surface area contributed by atoms with E-state index in [9.17, 15) is 18.0 Å². The number of alkyl halides is 3. The molecule has 0 unspecified atom stereocenters. The average molecular weight is 377 g/mol. The molecule has 0 radical (unpaired) electrons. The zero-order valence-electron chi connectivity index (χ0n) is 14.9. The molecule has 142 valence electrons. The quantitative estimate of drug-likeness (QED) is 0.702. The number of pyridine rings is 1. The van der Waals surface area contributed by atoms with Gasteiger partial charge < -0.3 is 4.74 Å². The Bertz CT molecular complexity index is 1080. The van der Waals surface area contributed by atoms with E-state index in [1.807, 2.05) is 0 Å². The van der Waals surface area contributed by atoms with E-state index in [1.54, 1.807) is 23.7 Å². The molecule has 1 aliphatic heterocycles. The predicted molar refractivity (Wildman–Crippen MR) is 94.5 cm³/mol. The maximum atomic E-state index is 13.2. The summed E-state index contributed by atoms with van der Waals surface area (Å²) in [4.78, 5) is 16.9. The van der Waals surface area contributed by atoms with Gasteiger partial charge in [-0.3, -0.25) is 9.13 Å². The first-order valence-electron chi connectivity index (χ1n) is 8.61. The molecule has 0 N–H and O–H groups in total. The molecule has 5 nitrogen and oxygen atoms in total. The third-order valence-electron chi connectivity index (χ3n) is 5.10. The van der Waals surface area contributed by atoms with Crippen molar-refractivity contribution in [1.82, 2.24) is 14.1 Å². The van der Waals surface area contributed by atoms with Gasteiger partial charge in [0.2, 0.25) is 0 Å². The summed E-state index contributed by atoms with van der Waals surface area (Å²) in [5.41, 5.74) is 1.32. The van der Waals surface area contributed by atoms with Crippen molar-refractivity contribution < 1.29 is 17.9 Å². The van der Waals surface area contributed by atoms with Gasteiger partial charge in [0, 0.05) is 25.4 Å². The van der Waals surface area contributed by atoms with Crippen LogP contribution < -0.4 is 5.69 Å². The standard InChI is InChI=1S/C19H18F3N3O2/c1-11-14(4-3-5-15(11)19(20,21)22)12-8-16-17(23-9-12)24(2)18(26)25(16)10-13-6-7-27-13/h3-5,8-9,13H,6-7,10H2,1-2H3/t13-/m1/s1. The number of fused-ring (bicyclic) bond motifs is 1. The van der Waals surface area contributed by atoms with E-state index >= 15 is 0 Å². The summed E-state index contributed by atoms with van der Waals surface area (Å²) in [5.74, 6) is 0. The Kier molecular flexibility index (Phi) is 4.10. The van der Waals surface area contributed by atoms with Crippen molar-refractivity contribution in [2.45, 2.75) is 32.2 Å². The van der Waals surface area contributed by atoms with Crippen molar-refractivity contribution in [2.24, 2.45) is 7.05 Å². The summed E-state index contributed by atoms with van der Waals surface area (Å²) in [5, 5.41) is 0. The molecule has 1 fully saturated rings. The zero-order chi connectivity index (χ0) is 19.3. The van der Waals surface area contributed by atoms with E-state index in [0.29, 0.717) is 35.4 Å². The fraction of sp³-hybridized carbons (Fsp3) is 0.368. The van der Waals surface area contributed by atoms with Crippen LogP contribution in [0.25, 0.3) is 22.3 Å². The molecule has 3 heterocycles. The number of nitrogens with zero attached hydrogens (tertiary/aromatic N) is 3. The van der Waals surface area contributed by atoms with E-state index in [0.717, 1.165) is 12.5 Å². The lowest BCUT2D eigenvalue weighted by Gasteiger charge is -2.26. The Morgan fingerprint density at radius 3 is 2.70 bits per heavy atom. The van der Waals surface area contributed by atoms with E-state index in [-0.39, 0.29) is 17.4 Å². The number of benzene rings is 1. The summed E-state index contributed by atoms with van der Waals surface area (Å²) in [7, 11) is 1.63. The van der Waals surface area contributed by atoms with E-state index in [4.69, 9.17) is 4.74 Å². The second-order valence-electron chi connectivity index (χ2n) is 6.78. The molecule has 3 aromatic rings. The molecule has 2 aromatic heterocycles. The molecular weight excluding hydrogens is 359 g/mol. The molecular formula is C19H18F3N3O2. The molecule has 1 aromatic carbocycles. The highest BCUT2D eigenvalue weighted by atomic mass is 19.4. The van der Waals surface area contributed by atoms with Crippen LogP contribution in [0, 0.1) is 6.92 Å². The van der Waals surface area contributed by atoms with Crippen LogP contribution in [0.5, 0.6) is 0 Å². The third kappa shape index (κ3) is 2.93. The topological polar surface area (TPSA) is 49.1 Å². The first-order chi connectivity index (χ1) is 12.8. The maximum Gasteiger partial charge on any atom is 0.416 e. The highest BCUT2D eigenvalue weighted by Crippen LogP contribution is 2.36. The molecule has 0 bridgehead atoms. The average Bonchev–Trinajstić information content (AvgIpc) is 2.81. The summed E-state index contributed by atoms with van der Waals surface area (Å²) in [6.45, 7) is 2.53. The molecule has 0 aliphatic carbocycles. The van der Waals surface area contributed by atoms with E-state index in [2.05, 4.69) is 4.98 Å². The molecule has 0 saturated carbocycles. The summed E-state index contributed by atoms with van der Waals surface area (Å²) in [6.07, 6.45) is -2.06. The van der Waals surface area contributed by atoms with Crippen LogP contribution in [0.3, 0.4) is 0 Å². The summed E-state index contributed by atoms with van der Waals surface area (Å²) in [6, 6.07) is 5.81. The lowest BCUT2D eigenvalue weighted by atomic mass is 9.97. The van der Waals surface area contributed by atoms with Gasteiger partial charge in [-0.15, -0.1) is 0 Å². The monoisotopic (exact) mass is 377 g/mol. The molecule has 27 heavy (non-hydrogen) atoms. The minimum Gasteiger partial charge on any atom is -0.376 e. The van der Waals surface area contributed by atoms with Crippen LogP contribution >= 0.6 is 0 Å². The Morgan fingerprint density at radius 1 is 1.33 bits per heavy atom. The largest absolute Gasteiger partial charge is 0.416 e. The van der Waals surface area contributed by atoms with Crippen molar-refractivity contribution in [3.8, 4) is 11.1 Å². The van der Waals surface area contributed by atoms with Crippen LogP contribution in [0.4, 0.5) is 13.2 Å². The van der Waals surface area contributed by atoms with Gasteiger partial charge in [0.05, 0.1) is 23.7 Å². The Morgan fingerprint density at radius 2 is 2.07 bits per heavy atom. The normalized spacial score (nSPS) is 17.3. The highest BCUT2D eigenvalue weighted by molar-refractivity contribution is 5.80. The predicted octanol–water partition coefficient (Wildman–Crippen LogP) is 3.52. The molecule has 0 spiro atoms. The number of halogens is 3. The van der Waals surface area contributed by atoms with E-state index < -0.39 is 11.7 Å². The van der Waals surface area contributed by atoms with Gasteiger partial charge in [-0.05, 0) is 36.6 Å². The molecule has 1 atom stereocenters. The zero-order valence-corrected chi connectivity index (χ0v) is 14.9. The van der Waals surface area contributed by atoms with Crippen molar-refractivity contribution >= 4 is 11.2 Å². The molecule has 1 aliphatic rings. The first-order valence-corrected chi connectivity index (χ1v) is 8.61. The highest BCUT2D eigenvalue weighted by Gasteiger charge is 2.33. The number of imidazole rings is 1. The number of aromatic nitrogens is 3. The second-order valence-corrected chi connectivity index (χ2v) is 6.78. The Labute approximate surface area is 153 Å². The van der Waals surface area contributed by atoms with Gasteiger partial charge in [-0.1, -0.05) is 12.1 Å². The molecule has 8 heteroatoms. The maximum absolute atomic E-state index is 13.2. The lowest BCUT2D eigenvalue weighted by molar-refractivity contribution is -0.138. The van der Waals surface area contributed by atoms with Crippen molar-refractivity contribution in [3.63, 3.8) is 0 Å². The third-order valence-corrected chi connectivity index (χ3v) is 5.10. The summed E-state index contributed by atoms with van der Waals surface area (Å²) < 4.78 is 48.1. The number of rotatable bonds is 3. The van der Waals surface area contributed by atoms with Gasteiger partial charge in [0.1, 0.15) is 0 Å². The lowest BCUT2D eigenvalue weighted by Crippen LogP contribution is -2.35. The van der Waals surface area contributed by atoms with Gasteiger partial charge in [0.15, 0.2) is 5.65 Å². The second kappa shape index (κ2) is 6.23. The minimum atomic E-state index is -4.42. The van der Waals surface area contributed by atoms with Gasteiger partial charge in [-0.25, -0.2) is 9.78 Å². The van der Waals surface area contributed by atoms with Crippen LogP contribution in [-0.2, 0) is 24.5 Å².